The third-order valence-corrected chi connectivity index (χ3v) is 3.52. The normalized spacial score (nSPS) is 10.8. The minimum absolute atomic E-state index is 0.276. The summed E-state index contributed by atoms with van der Waals surface area (Å²) in [4.78, 5) is 8.29. The Morgan fingerprint density at radius 1 is 1.43 bits per heavy atom. The molecule has 112 valence electrons. The highest BCUT2D eigenvalue weighted by Crippen LogP contribution is 2.26. The van der Waals surface area contributed by atoms with Crippen LogP contribution in [0, 0.1) is 11.3 Å². The lowest BCUT2D eigenvalue weighted by molar-refractivity contribution is 0.438. The van der Waals surface area contributed by atoms with Gasteiger partial charge in [0, 0.05) is 31.4 Å². The van der Waals surface area contributed by atoms with E-state index in [0.717, 1.165) is 32.4 Å². The molecule has 2 rings (SSSR count). The van der Waals surface area contributed by atoms with Crippen LogP contribution in [-0.2, 0) is 6.54 Å². The van der Waals surface area contributed by atoms with Crippen molar-refractivity contribution in [1.82, 2.24) is 14.5 Å². The molecular formula is C15H21N5O. The Hall–Kier alpha value is -2.29. The molecule has 0 aliphatic rings. The summed E-state index contributed by atoms with van der Waals surface area (Å²) in [7, 11) is 0. The monoisotopic (exact) mass is 287 g/mol. The molecule has 0 saturated heterocycles. The van der Waals surface area contributed by atoms with Crippen LogP contribution in [0.25, 0.3) is 0 Å². The second-order valence-electron chi connectivity index (χ2n) is 4.94. The summed E-state index contributed by atoms with van der Waals surface area (Å²) in [6.45, 7) is 5.80. The number of imidazole rings is 1. The molecule has 0 unspecified atom stereocenters. The quantitative estimate of drug-likeness (QED) is 0.754. The molecule has 2 heterocycles. The van der Waals surface area contributed by atoms with Crippen molar-refractivity contribution in [3.63, 3.8) is 0 Å². The third-order valence-electron chi connectivity index (χ3n) is 3.52. The van der Waals surface area contributed by atoms with Gasteiger partial charge in [0.15, 0.2) is 0 Å². The van der Waals surface area contributed by atoms with Crippen LogP contribution in [0.3, 0.4) is 0 Å². The van der Waals surface area contributed by atoms with Crippen LogP contribution in [0.15, 0.2) is 23.1 Å². The van der Waals surface area contributed by atoms with Gasteiger partial charge < -0.3 is 14.3 Å². The van der Waals surface area contributed by atoms with E-state index in [1.807, 2.05) is 10.8 Å². The summed E-state index contributed by atoms with van der Waals surface area (Å²) in [5.74, 6) is 1.43. The van der Waals surface area contributed by atoms with Gasteiger partial charge >= 0.3 is 0 Å². The van der Waals surface area contributed by atoms with E-state index in [1.165, 1.54) is 0 Å². The van der Waals surface area contributed by atoms with Gasteiger partial charge in [0.25, 0.3) is 0 Å². The minimum Gasteiger partial charge on any atom is -0.424 e. The zero-order valence-corrected chi connectivity index (χ0v) is 12.5. The average Bonchev–Trinajstić information content (AvgIpc) is 3.14. The van der Waals surface area contributed by atoms with E-state index in [2.05, 4.69) is 35.2 Å². The molecule has 1 N–H and O–H groups in total. The summed E-state index contributed by atoms with van der Waals surface area (Å²) < 4.78 is 7.74. The van der Waals surface area contributed by atoms with Crippen molar-refractivity contribution in [2.24, 2.45) is 0 Å². The summed E-state index contributed by atoms with van der Waals surface area (Å²) in [5.41, 5.74) is 0.347. The van der Waals surface area contributed by atoms with E-state index in [1.54, 1.807) is 12.5 Å². The van der Waals surface area contributed by atoms with Crippen LogP contribution in [0.5, 0.6) is 0 Å². The highest BCUT2D eigenvalue weighted by atomic mass is 16.4. The van der Waals surface area contributed by atoms with Crippen molar-refractivity contribution in [3.8, 4) is 6.07 Å². The Labute approximate surface area is 124 Å². The number of nitrogens with zero attached hydrogens (tertiary/aromatic N) is 4. The first-order chi connectivity index (χ1) is 10.3. The number of nitrogens with one attached hydrogen (secondary N) is 1. The van der Waals surface area contributed by atoms with Crippen molar-refractivity contribution >= 4 is 5.88 Å². The topological polar surface area (TPSA) is 79.7 Å². The van der Waals surface area contributed by atoms with Crippen LogP contribution in [0.1, 0.15) is 50.6 Å². The zero-order valence-electron chi connectivity index (χ0n) is 12.5. The fourth-order valence-corrected chi connectivity index (χ4v) is 2.23. The maximum Gasteiger partial charge on any atom is 0.232 e. The third kappa shape index (κ3) is 3.85. The Morgan fingerprint density at radius 3 is 2.86 bits per heavy atom. The number of nitriles is 1. The fourth-order valence-electron chi connectivity index (χ4n) is 2.23. The van der Waals surface area contributed by atoms with E-state index in [-0.39, 0.29) is 5.92 Å². The molecule has 0 bridgehead atoms. The van der Waals surface area contributed by atoms with Crippen LogP contribution in [0.2, 0.25) is 0 Å². The predicted octanol–water partition coefficient (Wildman–Crippen LogP) is 3.15. The SMILES string of the molecule is CCC(CC)c1nc(C#N)c(NCCCn2ccnc2)o1. The van der Waals surface area contributed by atoms with Gasteiger partial charge in [0.2, 0.25) is 17.5 Å². The first kappa shape index (κ1) is 15.1. The number of oxazole rings is 1. The lowest BCUT2D eigenvalue weighted by atomic mass is 10.0. The van der Waals surface area contributed by atoms with Crippen LogP contribution in [-0.4, -0.2) is 21.1 Å². The molecule has 0 saturated carbocycles. The highest BCUT2D eigenvalue weighted by molar-refractivity contribution is 5.45. The molecule has 6 nitrogen and oxygen atoms in total. The van der Waals surface area contributed by atoms with Gasteiger partial charge in [-0.1, -0.05) is 13.8 Å². The van der Waals surface area contributed by atoms with Crippen molar-refractivity contribution in [1.29, 1.82) is 5.26 Å². The number of rotatable bonds is 8. The molecule has 0 aromatic carbocycles. The number of aryl methyl sites for hydroxylation is 1. The Kier molecular flexibility index (Phi) is 5.38. The van der Waals surface area contributed by atoms with E-state index >= 15 is 0 Å². The molecular weight excluding hydrogens is 266 g/mol. The van der Waals surface area contributed by atoms with Gasteiger partial charge in [-0.25, -0.2) is 9.97 Å². The molecule has 6 heteroatoms. The van der Waals surface area contributed by atoms with Crippen molar-refractivity contribution in [2.45, 2.75) is 45.6 Å². The summed E-state index contributed by atoms with van der Waals surface area (Å²) in [6.07, 6.45) is 8.33. The lowest BCUT2D eigenvalue weighted by Gasteiger charge is -2.06. The first-order valence-corrected chi connectivity index (χ1v) is 7.38. The summed E-state index contributed by atoms with van der Waals surface area (Å²) in [6, 6.07) is 2.09. The van der Waals surface area contributed by atoms with Crippen LogP contribution in [0.4, 0.5) is 5.88 Å². The number of hydrogen-bond donors (Lipinski definition) is 1. The molecule has 0 amide bonds. The molecule has 2 aromatic heterocycles. The second kappa shape index (κ2) is 7.48. The molecule has 0 aliphatic carbocycles. The molecule has 21 heavy (non-hydrogen) atoms. The molecule has 0 fully saturated rings. The largest absolute Gasteiger partial charge is 0.424 e. The van der Waals surface area contributed by atoms with Gasteiger partial charge in [0.05, 0.1) is 6.33 Å². The number of anilines is 1. The highest BCUT2D eigenvalue weighted by Gasteiger charge is 2.18. The first-order valence-electron chi connectivity index (χ1n) is 7.38. The molecule has 0 spiro atoms. The summed E-state index contributed by atoms with van der Waals surface area (Å²) in [5, 5.41) is 12.3. The standard InChI is InChI=1S/C15H21N5O/c1-3-12(4-2)14-19-13(10-16)15(21-14)18-6-5-8-20-9-7-17-11-20/h7,9,11-12,18H,3-6,8H2,1-2H3. The smallest absolute Gasteiger partial charge is 0.232 e. The Bertz CT molecular complexity index is 578. The minimum atomic E-state index is 0.276. The number of hydrogen-bond acceptors (Lipinski definition) is 5. The van der Waals surface area contributed by atoms with Gasteiger partial charge in [-0.2, -0.15) is 5.26 Å². The summed E-state index contributed by atoms with van der Waals surface area (Å²) >= 11 is 0. The van der Waals surface area contributed by atoms with E-state index in [9.17, 15) is 0 Å². The predicted molar refractivity (Wildman–Crippen MR) is 79.9 cm³/mol. The lowest BCUT2D eigenvalue weighted by Crippen LogP contribution is -2.06. The molecule has 0 aliphatic heterocycles. The fraction of sp³-hybridized carbons (Fsp3) is 0.533. The maximum atomic E-state index is 9.14. The molecule has 2 aromatic rings. The van der Waals surface area contributed by atoms with Crippen LogP contribution < -0.4 is 5.32 Å². The van der Waals surface area contributed by atoms with Gasteiger partial charge in [0.1, 0.15) is 6.07 Å². The van der Waals surface area contributed by atoms with Gasteiger partial charge in [-0.3, -0.25) is 0 Å². The van der Waals surface area contributed by atoms with Crippen LogP contribution >= 0.6 is 0 Å². The number of aromatic nitrogens is 3. The van der Waals surface area contributed by atoms with Crippen molar-refractivity contribution in [3.05, 3.63) is 30.3 Å². The molecule has 0 radical (unpaired) electrons. The van der Waals surface area contributed by atoms with Crippen molar-refractivity contribution < 1.29 is 4.42 Å². The van der Waals surface area contributed by atoms with Crippen molar-refractivity contribution in [2.75, 3.05) is 11.9 Å². The zero-order chi connectivity index (χ0) is 15.1. The van der Waals surface area contributed by atoms with Gasteiger partial charge in [-0.15, -0.1) is 0 Å². The van der Waals surface area contributed by atoms with Gasteiger partial charge in [-0.05, 0) is 19.3 Å². The average molecular weight is 287 g/mol. The van der Waals surface area contributed by atoms with E-state index in [0.29, 0.717) is 17.5 Å². The van der Waals surface area contributed by atoms with E-state index in [4.69, 9.17) is 9.68 Å². The second-order valence-corrected chi connectivity index (χ2v) is 4.94. The Morgan fingerprint density at radius 2 is 2.24 bits per heavy atom. The van der Waals surface area contributed by atoms with E-state index < -0.39 is 0 Å². The Balaban J connectivity index is 1.91. The maximum absolute atomic E-state index is 9.14. The molecule has 0 atom stereocenters.